The summed E-state index contributed by atoms with van der Waals surface area (Å²) in [5.74, 6) is 0.211. The molecule has 0 fully saturated rings. The van der Waals surface area contributed by atoms with Crippen LogP contribution < -0.4 is 16.8 Å². The molecule has 0 aliphatic rings. The highest BCUT2D eigenvalue weighted by Crippen LogP contribution is 2.25. The molecule has 2 aromatic rings. The van der Waals surface area contributed by atoms with Crippen molar-refractivity contribution in [2.75, 3.05) is 16.8 Å². The lowest BCUT2D eigenvalue weighted by molar-refractivity contribution is 0.483. The predicted molar refractivity (Wildman–Crippen MR) is 77.3 cm³/mol. The minimum absolute atomic E-state index is 0.0847. The van der Waals surface area contributed by atoms with Crippen molar-refractivity contribution in [1.82, 2.24) is 4.98 Å². The Bertz CT molecular complexity index is 842. The van der Waals surface area contributed by atoms with Gasteiger partial charge in [-0.1, -0.05) is 6.07 Å². The van der Waals surface area contributed by atoms with E-state index in [1.165, 1.54) is 30.3 Å². The van der Waals surface area contributed by atoms with Gasteiger partial charge in [0.2, 0.25) is 0 Å². The molecule has 1 aromatic carbocycles. The van der Waals surface area contributed by atoms with Crippen LogP contribution in [0.15, 0.2) is 35.2 Å². The van der Waals surface area contributed by atoms with E-state index in [1.54, 1.807) is 0 Å². The summed E-state index contributed by atoms with van der Waals surface area (Å²) in [6, 6.07) is 8.61. The van der Waals surface area contributed by atoms with Crippen LogP contribution in [0, 0.1) is 11.3 Å². The molecule has 0 radical (unpaired) electrons. The third-order valence-electron chi connectivity index (χ3n) is 2.58. The van der Waals surface area contributed by atoms with Gasteiger partial charge in [-0.05, 0) is 18.2 Å². The molecule has 1 aromatic heterocycles. The van der Waals surface area contributed by atoms with Crippen LogP contribution in [0.2, 0.25) is 0 Å². The van der Waals surface area contributed by atoms with E-state index >= 15 is 0 Å². The molecule has 0 bridgehead atoms. The number of nitrogens with two attached hydrogens (primary N) is 2. The maximum Gasteiger partial charge on any atom is 0.294 e. The second-order valence-corrected chi connectivity index (χ2v) is 5.52. The molecule has 0 unspecified atom stereocenters. The normalized spacial score (nSPS) is 10.9. The maximum atomic E-state index is 11.1. The van der Waals surface area contributed by atoms with Gasteiger partial charge in [0.25, 0.3) is 10.1 Å². The largest absolute Gasteiger partial charge is 0.397 e. The molecular weight excluding hydrogens is 294 g/mol. The van der Waals surface area contributed by atoms with Crippen molar-refractivity contribution in [3.8, 4) is 6.07 Å². The van der Waals surface area contributed by atoms with Crippen LogP contribution in [0.3, 0.4) is 0 Å². The number of nitrogens with zero attached hydrogens (tertiary/aromatic N) is 2. The van der Waals surface area contributed by atoms with Crippen LogP contribution in [0.4, 0.5) is 23.0 Å². The number of aromatic nitrogens is 1. The standard InChI is InChI=1S/C12H11N5O3S/c13-6-9-10(14)5-11(15)17-12(9)16-7-2-1-3-8(4-7)21(18,19)20/h1-5H,(H,18,19,20)(H5,14,15,16,17). The number of nitriles is 1. The van der Waals surface area contributed by atoms with Crippen LogP contribution in [-0.2, 0) is 10.1 Å². The average molecular weight is 305 g/mol. The van der Waals surface area contributed by atoms with Crippen molar-refractivity contribution in [1.29, 1.82) is 5.26 Å². The van der Waals surface area contributed by atoms with Gasteiger partial charge in [0.1, 0.15) is 17.5 Å². The lowest BCUT2D eigenvalue weighted by Gasteiger charge is -2.10. The molecule has 9 heteroatoms. The number of anilines is 4. The molecule has 6 N–H and O–H groups in total. The molecule has 0 saturated carbocycles. The van der Waals surface area contributed by atoms with Gasteiger partial charge in [-0.2, -0.15) is 13.7 Å². The highest BCUT2D eigenvalue weighted by Gasteiger charge is 2.13. The Hall–Kier alpha value is -2.83. The van der Waals surface area contributed by atoms with Crippen molar-refractivity contribution in [3.63, 3.8) is 0 Å². The van der Waals surface area contributed by atoms with Crippen molar-refractivity contribution in [2.45, 2.75) is 4.90 Å². The van der Waals surface area contributed by atoms with E-state index in [0.717, 1.165) is 0 Å². The fourth-order valence-corrected chi connectivity index (χ4v) is 2.19. The third kappa shape index (κ3) is 3.19. The third-order valence-corrected chi connectivity index (χ3v) is 3.43. The number of benzene rings is 1. The number of nitrogens with one attached hydrogen (secondary N) is 1. The number of rotatable bonds is 3. The van der Waals surface area contributed by atoms with Gasteiger partial charge in [-0.25, -0.2) is 4.98 Å². The lowest BCUT2D eigenvalue weighted by Crippen LogP contribution is -2.05. The molecule has 1 heterocycles. The van der Waals surface area contributed by atoms with E-state index in [9.17, 15) is 8.42 Å². The van der Waals surface area contributed by atoms with Crippen LogP contribution >= 0.6 is 0 Å². The minimum atomic E-state index is -4.32. The zero-order valence-electron chi connectivity index (χ0n) is 10.6. The molecule has 0 aliphatic heterocycles. The van der Waals surface area contributed by atoms with Gasteiger partial charge in [-0.15, -0.1) is 0 Å². The fourth-order valence-electron chi connectivity index (χ4n) is 1.66. The number of nitrogen functional groups attached to an aromatic ring is 2. The molecule has 0 amide bonds. The summed E-state index contributed by atoms with van der Waals surface area (Å²) in [6.07, 6.45) is 0. The Morgan fingerprint density at radius 1 is 1.29 bits per heavy atom. The van der Waals surface area contributed by atoms with E-state index in [4.69, 9.17) is 21.3 Å². The minimum Gasteiger partial charge on any atom is -0.397 e. The van der Waals surface area contributed by atoms with E-state index in [1.807, 2.05) is 6.07 Å². The topological polar surface area (TPSA) is 155 Å². The molecular formula is C12H11N5O3S. The Morgan fingerprint density at radius 2 is 2.00 bits per heavy atom. The molecule has 21 heavy (non-hydrogen) atoms. The average Bonchev–Trinajstić information content (AvgIpc) is 2.37. The molecule has 2 rings (SSSR count). The highest BCUT2D eigenvalue weighted by atomic mass is 32.2. The summed E-state index contributed by atoms with van der Waals surface area (Å²) in [6.45, 7) is 0. The van der Waals surface area contributed by atoms with Crippen molar-refractivity contribution < 1.29 is 13.0 Å². The first kappa shape index (κ1) is 14.6. The van der Waals surface area contributed by atoms with E-state index < -0.39 is 10.1 Å². The van der Waals surface area contributed by atoms with Crippen molar-refractivity contribution >= 4 is 33.1 Å². The zero-order chi connectivity index (χ0) is 15.6. The summed E-state index contributed by atoms with van der Waals surface area (Å²) in [5, 5.41) is 11.8. The molecule has 108 valence electrons. The number of pyridine rings is 1. The monoisotopic (exact) mass is 305 g/mol. The number of hydrogen-bond acceptors (Lipinski definition) is 7. The van der Waals surface area contributed by atoms with Gasteiger partial charge in [0.15, 0.2) is 5.82 Å². The molecule has 8 nitrogen and oxygen atoms in total. The van der Waals surface area contributed by atoms with Crippen molar-refractivity contribution in [2.24, 2.45) is 0 Å². The molecule has 0 saturated heterocycles. The Labute approximate surface area is 120 Å². The summed E-state index contributed by atoms with van der Waals surface area (Å²) < 4.78 is 31.2. The first-order chi connectivity index (χ1) is 9.81. The first-order valence-electron chi connectivity index (χ1n) is 5.62. The van der Waals surface area contributed by atoms with Crippen LogP contribution in [0.5, 0.6) is 0 Å². The quantitative estimate of drug-likeness (QED) is 0.614. The zero-order valence-corrected chi connectivity index (χ0v) is 11.4. The summed E-state index contributed by atoms with van der Waals surface area (Å²) in [5.41, 5.74) is 11.8. The van der Waals surface area contributed by atoms with E-state index in [-0.39, 0.29) is 27.8 Å². The molecule has 0 spiro atoms. The van der Waals surface area contributed by atoms with E-state index in [0.29, 0.717) is 5.69 Å². The summed E-state index contributed by atoms with van der Waals surface area (Å²) >= 11 is 0. The summed E-state index contributed by atoms with van der Waals surface area (Å²) in [7, 11) is -4.32. The van der Waals surface area contributed by atoms with Crippen molar-refractivity contribution in [3.05, 3.63) is 35.9 Å². The van der Waals surface area contributed by atoms with Gasteiger partial charge >= 0.3 is 0 Å². The van der Waals surface area contributed by atoms with Gasteiger partial charge < -0.3 is 16.8 Å². The van der Waals surface area contributed by atoms with Gasteiger partial charge in [-0.3, -0.25) is 4.55 Å². The first-order valence-corrected chi connectivity index (χ1v) is 7.06. The van der Waals surface area contributed by atoms with Crippen LogP contribution in [0.25, 0.3) is 0 Å². The fraction of sp³-hybridized carbons (Fsp3) is 0. The SMILES string of the molecule is N#Cc1c(N)cc(N)nc1Nc1cccc(S(=O)(=O)O)c1. The highest BCUT2D eigenvalue weighted by molar-refractivity contribution is 7.85. The van der Waals surface area contributed by atoms with Gasteiger partial charge in [0, 0.05) is 11.8 Å². The maximum absolute atomic E-state index is 11.1. The van der Waals surface area contributed by atoms with Crippen LogP contribution in [-0.4, -0.2) is 18.0 Å². The summed E-state index contributed by atoms with van der Waals surface area (Å²) in [4.78, 5) is 3.66. The second-order valence-electron chi connectivity index (χ2n) is 4.10. The smallest absolute Gasteiger partial charge is 0.294 e. The Morgan fingerprint density at radius 3 is 2.62 bits per heavy atom. The number of hydrogen-bond donors (Lipinski definition) is 4. The van der Waals surface area contributed by atoms with Crippen LogP contribution in [0.1, 0.15) is 5.56 Å². The molecule has 0 atom stereocenters. The second kappa shape index (κ2) is 5.28. The lowest BCUT2D eigenvalue weighted by atomic mass is 10.2. The predicted octanol–water partition coefficient (Wildman–Crippen LogP) is 1.11. The van der Waals surface area contributed by atoms with E-state index in [2.05, 4.69) is 10.3 Å². The molecule has 0 aliphatic carbocycles. The Kier molecular flexibility index (Phi) is 3.66. The van der Waals surface area contributed by atoms with Gasteiger partial charge in [0.05, 0.1) is 10.6 Å². The Balaban J connectivity index is 2.47.